The molecular weight excluding hydrogens is 132 g/mol. The van der Waals surface area contributed by atoms with Crippen molar-refractivity contribution < 1.29 is 10.2 Å². The summed E-state index contributed by atoms with van der Waals surface area (Å²) in [5, 5.41) is 21.4. The molecule has 0 aromatic rings. The Hall–Kier alpha value is -0.160. The predicted molar refractivity (Wildman–Crippen MR) is 37.5 cm³/mol. The third-order valence-corrected chi connectivity index (χ3v) is 2.01. The molecule has 0 saturated carbocycles. The molecule has 0 amide bonds. The van der Waals surface area contributed by atoms with E-state index in [1.54, 1.807) is 0 Å². The van der Waals surface area contributed by atoms with Gasteiger partial charge in [-0.05, 0) is 6.92 Å². The SMILES string of the molecule is C[C@@H]1N[C@H](CN)[C@@H](O)[C@H]1O. The maximum absolute atomic E-state index is 9.24. The maximum atomic E-state index is 9.24. The number of hydrogen-bond donors (Lipinski definition) is 4. The minimum atomic E-state index is -0.708. The fourth-order valence-corrected chi connectivity index (χ4v) is 1.28. The van der Waals surface area contributed by atoms with Crippen LogP contribution in [0.3, 0.4) is 0 Å². The zero-order valence-corrected chi connectivity index (χ0v) is 5.99. The van der Waals surface area contributed by atoms with E-state index in [2.05, 4.69) is 5.32 Å². The van der Waals surface area contributed by atoms with E-state index < -0.39 is 12.2 Å². The van der Waals surface area contributed by atoms with Crippen molar-refractivity contribution in [1.29, 1.82) is 0 Å². The largest absolute Gasteiger partial charge is 0.389 e. The third-order valence-electron chi connectivity index (χ3n) is 2.01. The van der Waals surface area contributed by atoms with Gasteiger partial charge in [0.1, 0.15) is 0 Å². The third kappa shape index (κ3) is 1.15. The molecule has 0 aliphatic carbocycles. The van der Waals surface area contributed by atoms with E-state index in [9.17, 15) is 10.2 Å². The molecule has 60 valence electrons. The van der Waals surface area contributed by atoms with Gasteiger partial charge in [0.05, 0.1) is 12.2 Å². The van der Waals surface area contributed by atoms with Gasteiger partial charge in [-0.2, -0.15) is 0 Å². The quantitative estimate of drug-likeness (QED) is 0.346. The number of aliphatic hydroxyl groups excluding tert-OH is 2. The Morgan fingerprint density at radius 2 is 2.00 bits per heavy atom. The minimum absolute atomic E-state index is 0.0523. The molecule has 0 aromatic carbocycles. The van der Waals surface area contributed by atoms with E-state index in [0.717, 1.165) is 0 Å². The number of nitrogens with two attached hydrogens (primary N) is 1. The Morgan fingerprint density at radius 1 is 1.40 bits per heavy atom. The molecule has 0 aromatic heterocycles. The lowest BCUT2D eigenvalue weighted by Crippen LogP contribution is -2.39. The monoisotopic (exact) mass is 146 g/mol. The van der Waals surface area contributed by atoms with Gasteiger partial charge in [-0.3, -0.25) is 0 Å². The lowest BCUT2D eigenvalue weighted by atomic mass is 10.1. The second kappa shape index (κ2) is 2.84. The van der Waals surface area contributed by atoms with Gasteiger partial charge in [-0.15, -0.1) is 0 Å². The first-order valence-electron chi connectivity index (χ1n) is 3.49. The van der Waals surface area contributed by atoms with Crippen molar-refractivity contribution in [3.8, 4) is 0 Å². The standard InChI is InChI=1S/C6H14N2O2/c1-3-5(9)6(10)4(2-7)8-3/h3-6,8-10H,2,7H2,1H3/t3-,4+,5-,6+/m0/s1. The first-order valence-corrected chi connectivity index (χ1v) is 3.49. The van der Waals surface area contributed by atoms with Crippen LogP contribution in [0.15, 0.2) is 0 Å². The molecular formula is C6H14N2O2. The average molecular weight is 146 g/mol. The lowest BCUT2D eigenvalue weighted by molar-refractivity contribution is 0.0315. The van der Waals surface area contributed by atoms with Crippen molar-refractivity contribution in [3.05, 3.63) is 0 Å². The van der Waals surface area contributed by atoms with E-state index >= 15 is 0 Å². The van der Waals surface area contributed by atoms with E-state index in [1.165, 1.54) is 0 Å². The summed E-state index contributed by atoms with van der Waals surface area (Å²) in [4.78, 5) is 0. The summed E-state index contributed by atoms with van der Waals surface area (Å²) < 4.78 is 0. The zero-order valence-electron chi connectivity index (χ0n) is 5.99. The highest BCUT2D eigenvalue weighted by Crippen LogP contribution is 2.12. The van der Waals surface area contributed by atoms with E-state index in [0.29, 0.717) is 6.54 Å². The van der Waals surface area contributed by atoms with Crippen molar-refractivity contribution in [3.63, 3.8) is 0 Å². The van der Waals surface area contributed by atoms with E-state index in [-0.39, 0.29) is 12.1 Å². The number of rotatable bonds is 1. The fourth-order valence-electron chi connectivity index (χ4n) is 1.28. The lowest BCUT2D eigenvalue weighted by Gasteiger charge is -2.12. The van der Waals surface area contributed by atoms with Gasteiger partial charge in [0.2, 0.25) is 0 Å². The van der Waals surface area contributed by atoms with Crippen LogP contribution in [0.1, 0.15) is 6.92 Å². The van der Waals surface area contributed by atoms with Crippen LogP contribution in [-0.2, 0) is 0 Å². The Bertz CT molecular complexity index is 120. The molecule has 5 N–H and O–H groups in total. The zero-order chi connectivity index (χ0) is 7.72. The van der Waals surface area contributed by atoms with Gasteiger partial charge in [0.25, 0.3) is 0 Å². The van der Waals surface area contributed by atoms with Crippen LogP contribution in [0, 0.1) is 0 Å². The Balaban J connectivity index is 2.53. The van der Waals surface area contributed by atoms with E-state index in [4.69, 9.17) is 5.73 Å². The van der Waals surface area contributed by atoms with Gasteiger partial charge in [-0.25, -0.2) is 0 Å². The number of aliphatic hydroxyl groups is 2. The summed E-state index contributed by atoms with van der Waals surface area (Å²) in [6.07, 6.45) is -1.38. The van der Waals surface area contributed by atoms with Crippen molar-refractivity contribution in [1.82, 2.24) is 5.32 Å². The van der Waals surface area contributed by atoms with E-state index in [1.807, 2.05) is 6.92 Å². The van der Waals surface area contributed by atoms with Gasteiger partial charge < -0.3 is 21.3 Å². The van der Waals surface area contributed by atoms with Crippen LogP contribution in [0.4, 0.5) is 0 Å². The first kappa shape index (κ1) is 7.94. The molecule has 0 spiro atoms. The van der Waals surface area contributed by atoms with Gasteiger partial charge in [0, 0.05) is 18.6 Å². The summed E-state index contributed by atoms with van der Waals surface area (Å²) in [7, 11) is 0. The normalized spacial score (nSPS) is 48.0. The molecule has 1 rings (SSSR count). The molecule has 4 atom stereocenters. The van der Waals surface area contributed by atoms with Crippen LogP contribution in [0.2, 0.25) is 0 Å². The van der Waals surface area contributed by atoms with Crippen LogP contribution in [0.25, 0.3) is 0 Å². The molecule has 1 fully saturated rings. The van der Waals surface area contributed by atoms with Crippen molar-refractivity contribution in [2.75, 3.05) is 6.54 Å². The molecule has 1 heterocycles. The molecule has 10 heavy (non-hydrogen) atoms. The Labute approximate surface area is 60.0 Å². The minimum Gasteiger partial charge on any atom is -0.389 e. The second-order valence-electron chi connectivity index (χ2n) is 2.78. The molecule has 0 radical (unpaired) electrons. The van der Waals surface area contributed by atoms with Gasteiger partial charge in [0.15, 0.2) is 0 Å². The topological polar surface area (TPSA) is 78.5 Å². The number of hydrogen-bond acceptors (Lipinski definition) is 4. The first-order chi connectivity index (χ1) is 4.66. The molecule has 4 nitrogen and oxygen atoms in total. The predicted octanol–water partition coefficient (Wildman–Crippen LogP) is -1.97. The molecule has 1 saturated heterocycles. The fraction of sp³-hybridized carbons (Fsp3) is 1.00. The molecule has 0 bridgehead atoms. The molecule has 1 aliphatic rings. The van der Waals surface area contributed by atoms with Crippen molar-refractivity contribution in [2.45, 2.75) is 31.2 Å². The molecule has 0 unspecified atom stereocenters. The smallest absolute Gasteiger partial charge is 0.0979 e. The molecule has 4 heteroatoms. The van der Waals surface area contributed by atoms with Crippen LogP contribution >= 0.6 is 0 Å². The second-order valence-corrected chi connectivity index (χ2v) is 2.78. The van der Waals surface area contributed by atoms with Gasteiger partial charge in [-0.1, -0.05) is 0 Å². The highest BCUT2D eigenvalue weighted by Gasteiger charge is 2.37. The summed E-state index contributed by atoms with van der Waals surface area (Å²) in [6, 6.07) is -0.200. The van der Waals surface area contributed by atoms with Crippen LogP contribution in [-0.4, -0.2) is 41.0 Å². The highest BCUT2D eigenvalue weighted by atomic mass is 16.3. The molecule has 1 aliphatic heterocycles. The Kier molecular flexibility index (Phi) is 2.25. The highest BCUT2D eigenvalue weighted by molar-refractivity contribution is 4.96. The summed E-state index contributed by atoms with van der Waals surface area (Å²) in [5.41, 5.74) is 5.32. The number of nitrogens with one attached hydrogen (secondary N) is 1. The summed E-state index contributed by atoms with van der Waals surface area (Å²) >= 11 is 0. The van der Waals surface area contributed by atoms with Crippen molar-refractivity contribution in [2.24, 2.45) is 5.73 Å². The van der Waals surface area contributed by atoms with Gasteiger partial charge >= 0.3 is 0 Å². The van der Waals surface area contributed by atoms with Crippen molar-refractivity contribution >= 4 is 0 Å². The van der Waals surface area contributed by atoms with Crippen LogP contribution in [0.5, 0.6) is 0 Å². The van der Waals surface area contributed by atoms with Crippen LogP contribution < -0.4 is 11.1 Å². The average Bonchev–Trinajstić information content (AvgIpc) is 2.17. The summed E-state index contributed by atoms with van der Waals surface area (Å²) in [5.74, 6) is 0. The summed E-state index contributed by atoms with van der Waals surface area (Å²) in [6.45, 7) is 2.19. The maximum Gasteiger partial charge on any atom is 0.0979 e. The Morgan fingerprint density at radius 3 is 2.20 bits per heavy atom.